The van der Waals surface area contributed by atoms with E-state index in [9.17, 15) is 4.79 Å². The monoisotopic (exact) mass is 259 g/mol. The van der Waals surface area contributed by atoms with Crippen LogP contribution in [0.15, 0.2) is 22.7 Å². The molecule has 0 saturated heterocycles. The number of aromatic carboxylic acids is 1. The molecule has 0 heterocycles. The summed E-state index contributed by atoms with van der Waals surface area (Å²) in [4.78, 5) is 10.7. The first-order chi connectivity index (χ1) is 6.54. The standard InChI is InChI=1S/C9H10BrNO3/c10-7-2-5(8(11)4-12)1-6(3-7)9(13)14/h1-3,8,12H,4,11H2,(H,13,14)/t8-/m0/s1. The van der Waals surface area contributed by atoms with Gasteiger partial charge in [-0.1, -0.05) is 15.9 Å². The van der Waals surface area contributed by atoms with E-state index in [1.807, 2.05) is 0 Å². The summed E-state index contributed by atoms with van der Waals surface area (Å²) in [6.45, 7) is -0.213. The lowest BCUT2D eigenvalue weighted by Gasteiger charge is -2.09. The number of aliphatic hydroxyl groups excluding tert-OH is 1. The van der Waals surface area contributed by atoms with Gasteiger partial charge in [-0.15, -0.1) is 0 Å². The van der Waals surface area contributed by atoms with Crippen LogP contribution in [0.1, 0.15) is 22.0 Å². The highest BCUT2D eigenvalue weighted by molar-refractivity contribution is 9.10. The summed E-state index contributed by atoms with van der Waals surface area (Å²) in [6.07, 6.45) is 0. The van der Waals surface area contributed by atoms with Crippen LogP contribution in [-0.4, -0.2) is 22.8 Å². The Kier molecular flexibility index (Phi) is 3.62. The molecule has 0 aliphatic heterocycles. The third-order valence-corrected chi connectivity index (χ3v) is 2.25. The SMILES string of the molecule is N[C@@H](CO)c1cc(Br)cc(C(=O)O)c1. The number of carboxylic acid groups (broad SMARTS) is 1. The minimum absolute atomic E-state index is 0.151. The van der Waals surface area contributed by atoms with Crippen molar-refractivity contribution in [2.24, 2.45) is 5.73 Å². The molecule has 1 atom stereocenters. The summed E-state index contributed by atoms with van der Waals surface area (Å²) in [5.41, 5.74) is 6.32. The van der Waals surface area contributed by atoms with Crippen molar-refractivity contribution in [3.8, 4) is 0 Å². The van der Waals surface area contributed by atoms with E-state index in [2.05, 4.69) is 15.9 Å². The second-order valence-corrected chi connectivity index (χ2v) is 3.78. The molecule has 0 spiro atoms. The number of hydrogen-bond donors (Lipinski definition) is 3. The van der Waals surface area contributed by atoms with Crippen LogP contribution in [0, 0.1) is 0 Å². The Morgan fingerprint density at radius 2 is 2.14 bits per heavy atom. The van der Waals surface area contributed by atoms with Crippen LogP contribution >= 0.6 is 15.9 Å². The zero-order valence-electron chi connectivity index (χ0n) is 7.27. The lowest BCUT2D eigenvalue weighted by molar-refractivity contribution is 0.0696. The summed E-state index contributed by atoms with van der Waals surface area (Å²) in [5, 5.41) is 17.6. The molecule has 0 radical (unpaired) electrons. The molecular formula is C9H10BrNO3. The quantitative estimate of drug-likeness (QED) is 0.760. The molecule has 4 nitrogen and oxygen atoms in total. The summed E-state index contributed by atoms with van der Waals surface area (Å²) in [5.74, 6) is -1.02. The second-order valence-electron chi connectivity index (χ2n) is 2.87. The first-order valence-electron chi connectivity index (χ1n) is 3.95. The van der Waals surface area contributed by atoms with Crippen LogP contribution < -0.4 is 5.73 Å². The van der Waals surface area contributed by atoms with Gasteiger partial charge in [-0.3, -0.25) is 0 Å². The van der Waals surface area contributed by atoms with E-state index >= 15 is 0 Å². The van der Waals surface area contributed by atoms with Crippen LogP contribution in [0.4, 0.5) is 0 Å². The van der Waals surface area contributed by atoms with Gasteiger partial charge in [-0.05, 0) is 23.8 Å². The molecule has 0 aliphatic rings. The van der Waals surface area contributed by atoms with Crippen LogP contribution in [0.25, 0.3) is 0 Å². The average Bonchev–Trinajstić information content (AvgIpc) is 2.15. The first-order valence-corrected chi connectivity index (χ1v) is 4.74. The zero-order valence-corrected chi connectivity index (χ0v) is 8.86. The van der Waals surface area contributed by atoms with Crippen molar-refractivity contribution in [2.75, 3.05) is 6.61 Å². The molecule has 0 saturated carbocycles. The highest BCUT2D eigenvalue weighted by atomic mass is 79.9. The number of aliphatic hydroxyl groups is 1. The van der Waals surface area contributed by atoms with E-state index in [1.54, 1.807) is 6.07 Å². The molecule has 1 aromatic carbocycles. The number of nitrogens with two attached hydrogens (primary N) is 1. The molecule has 0 unspecified atom stereocenters. The molecule has 4 N–H and O–H groups in total. The maximum atomic E-state index is 10.7. The van der Waals surface area contributed by atoms with Crippen LogP contribution in [0.5, 0.6) is 0 Å². The topological polar surface area (TPSA) is 83.5 Å². The fourth-order valence-electron chi connectivity index (χ4n) is 1.06. The molecule has 0 fully saturated rings. The van der Waals surface area contributed by atoms with E-state index in [-0.39, 0.29) is 12.2 Å². The Bertz CT molecular complexity index is 354. The Morgan fingerprint density at radius 3 is 2.64 bits per heavy atom. The van der Waals surface area contributed by atoms with Crippen LogP contribution in [0.2, 0.25) is 0 Å². The fourth-order valence-corrected chi connectivity index (χ4v) is 1.57. The largest absolute Gasteiger partial charge is 0.478 e. The summed E-state index contributed by atoms with van der Waals surface area (Å²) in [6, 6.07) is 4.07. The van der Waals surface area contributed by atoms with E-state index in [4.69, 9.17) is 15.9 Å². The summed E-state index contributed by atoms with van der Waals surface area (Å²) < 4.78 is 0.635. The second kappa shape index (κ2) is 4.54. The number of hydrogen-bond acceptors (Lipinski definition) is 3. The van der Waals surface area contributed by atoms with Crippen molar-refractivity contribution in [3.05, 3.63) is 33.8 Å². The molecule has 0 aromatic heterocycles. The first kappa shape index (κ1) is 11.2. The van der Waals surface area contributed by atoms with Gasteiger partial charge in [-0.2, -0.15) is 0 Å². The number of benzene rings is 1. The lowest BCUT2D eigenvalue weighted by Crippen LogP contribution is -2.15. The van der Waals surface area contributed by atoms with E-state index in [0.717, 1.165) is 0 Å². The van der Waals surface area contributed by atoms with E-state index < -0.39 is 12.0 Å². The van der Waals surface area contributed by atoms with Crippen LogP contribution in [0.3, 0.4) is 0 Å². The number of carboxylic acids is 1. The molecule has 76 valence electrons. The third kappa shape index (κ3) is 2.54. The Labute approximate surface area is 89.5 Å². The maximum absolute atomic E-state index is 10.7. The van der Waals surface area contributed by atoms with Crippen molar-refractivity contribution in [1.29, 1.82) is 0 Å². The number of halogens is 1. The van der Waals surface area contributed by atoms with Gasteiger partial charge in [0, 0.05) is 4.47 Å². The molecule has 14 heavy (non-hydrogen) atoms. The highest BCUT2D eigenvalue weighted by Gasteiger charge is 2.10. The highest BCUT2D eigenvalue weighted by Crippen LogP contribution is 2.19. The van der Waals surface area contributed by atoms with Gasteiger partial charge in [0.05, 0.1) is 18.2 Å². The van der Waals surface area contributed by atoms with Gasteiger partial charge in [0.2, 0.25) is 0 Å². The molecule has 0 aliphatic carbocycles. The molecule has 0 amide bonds. The van der Waals surface area contributed by atoms with Gasteiger partial charge in [0.15, 0.2) is 0 Å². The van der Waals surface area contributed by atoms with Crippen LogP contribution in [-0.2, 0) is 0 Å². The minimum Gasteiger partial charge on any atom is -0.478 e. The van der Waals surface area contributed by atoms with Crippen molar-refractivity contribution in [3.63, 3.8) is 0 Å². The third-order valence-electron chi connectivity index (χ3n) is 1.79. The van der Waals surface area contributed by atoms with Gasteiger partial charge in [0.1, 0.15) is 0 Å². The Balaban J connectivity index is 3.13. The lowest BCUT2D eigenvalue weighted by atomic mass is 10.1. The van der Waals surface area contributed by atoms with Gasteiger partial charge in [0.25, 0.3) is 0 Å². The number of rotatable bonds is 3. The summed E-state index contributed by atoms with van der Waals surface area (Å²) >= 11 is 3.18. The molecule has 5 heteroatoms. The normalized spacial score (nSPS) is 12.5. The van der Waals surface area contributed by atoms with E-state index in [0.29, 0.717) is 10.0 Å². The molecule has 0 bridgehead atoms. The van der Waals surface area contributed by atoms with E-state index in [1.165, 1.54) is 12.1 Å². The molecular weight excluding hydrogens is 250 g/mol. The fraction of sp³-hybridized carbons (Fsp3) is 0.222. The van der Waals surface area contributed by atoms with Gasteiger partial charge >= 0.3 is 5.97 Å². The van der Waals surface area contributed by atoms with Crippen molar-refractivity contribution < 1.29 is 15.0 Å². The Morgan fingerprint density at radius 1 is 1.50 bits per heavy atom. The van der Waals surface area contributed by atoms with Gasteiger partial charge in [-0.25, -0.2) is 4.79 Å². The zero-order chi connectivity index (χ0) is 10.7. The molecule has 1 aromatic rings. The maximum Gasteiger partial charge on any atom is 0.335 e. The smallest absolute Gasteiger partial charge is 0.335 e. The minimum atomic E-state index is -1.02. The van der Waals surface area contributed by atoms with Crippen molar-refractivity contribution in [2.45, 2.75) is 6.04 Å². The number of carbonyl (C=O) groups is 1. The average molecular weight is 260 g/mol. The Hall–Kier alpha value is -0.910. The van der Waals surface area contributed by atoms with Crippen molar-refractivity contribution >= 4 is 21.9 Å². The molecule has 1 rings (SSSR count). The van der Waals surface area contributed by atoms with Gasteiger partial charge < -0.3 is 15.9 Å². The van der Waals surface area contributed by atoms with Crippen molar-refractivity contribution in [1.82, 2.24) is 0 Å². The summed E-state index contributed by atoms with van der Waals surface area (Å²) in [7, 11) is 0. The predicted molar refractivity (Wildman–Crippen MR) is 55.1 cm³/mol. The predicted octanol–water partition coefficient (Wildman–Crippen LogP) is 1.14.